The van der Waals surface area contributed by atoms with Gasteiger partial charge >= 0.3 is 0 Å². The molecule has 1 aliphatic heterocycles. The molecule has 1 aromatic carbocycles. The molecular weight excluding hydrogens is 397 g/mol. The van der Waals surface area contributed by atoms with Crippen molar-refractivity contribution in [3.8, 4) is 5.75 Å². The van der Waals surface area contributed by atoms with E-state index in [2.05, 4.69) is 5.32 Å². The van der Waals surface area contributed by atoms with E-state index in [4.69, 9.17) is 4.74 Å². The van der Waals surface area contributed by atoms with Crippen molar-refractivity contribution in [2.45, 2.75) is 26.2 Å². The molecule has 3 N–H and O–H groups in total. The first kappa shape index (κ1) is 21.5. The number of rotatable bonds is 7. The molecule has 160 valence electrons. The van der Waals surface area contributed by atoms with Crippen molar-refractivity contribution in [3.63, 3.8) is 0 Å². The van der Waals surface area contributed by atoms with Crippen LogP contribution in [0.2, 0.25) is 0 Å². The van der Waals surface area contributed by atoms with Gasteiger partial charge in [0.2, 0.25) is 5.43 Å². The van der Waals surface area contributed by atoms with Gasteiger partial charge in [0, 0.05) is 25.9 Å². The van der Waals surface area contributed by atoms with Crippen LogP contribution >= 0.6 is 0 Å². The number of benzene rings is 1. The van der Waals surface area contributed by atoms with Crippen molar-refractivity contribution in [2.75, 3.05) is 19.8 Å². The molecule has 0 saturated heterocycles. The van der Waals surface area contributed by atoms with Gasteiger partial charge in [0.25, 0.3) is 11.8 Å². The van der Waals surface area contributed by atoms with Crippen LogP contribution in [0.3, 0.4) is 0 Å². The molecule has 0 fully saturated rings. The van der Waals surface area contributed by atoms with Crippen LogP contribution < -0.4 is 10.7 Å². The Morgan fingerprint density at radius 3 is 2.67 bits per heavy atom. The number of amides is 2. The van der Waals surface area contributed by atoms with Gasteiger partial charge in [-0.2, -0.15) is 0 Å². The van der Waals surface area contributed by atoms with Crippen LogP contribution in [0.4, 0.5) is 4.39 Å². The van der Waals surface area contributed by atoms with Gasteiger partial charge in [-0.3, -0.25) is 14.4 Å². The fourth-order valence-electron chi connectivity index (χ4n) is 3.16. The summed E-state index contributed by atoms with van der Waals surface area (Å²) in [7, 11) is 0. The maximum atomic E-state index is 13.0. The summed E-state index contributed by atoms with van der Waals surface area (Å²) < 4.78 is 19.3. The number of aliphatic hydroxyl groups is 1. The monoisotopic (exact) mass is 419 g/mol. The topological polar surface area (TPSA) is 121 Å². The second-order valence-corrected chi connectivity index (χ2v) is 6.71. The fraction of sp³-hybridized carbons (Fsp3) is 0.350. The number of hydrogen-bond donors (Lipinski definition) is 3. The number of nitrogens with zero attached hydrogens (tertiary/aromatic N) is 2. The molecule has 1 aliphatic rings. The number of fused-ring (bicyclic) bond motifs is 1. The van der Waals surface area contributed by atoms with Crippen molar-refractivity contribution < 1.29 is 28.9 Å². The summed E-state index contributed by atoms with van der Waals surface area (Å²) in [6, 6.07) is 5.45. The van der Waals surface area contributed by atoms with Gasteiger partial charge in [0.05, 0.1) is 13.2 Å². The Morgan fingerprint density at radius 1 is 1.30 bits per heavy atom. The fourth-order valence-corrected chi connectivity index (χ4v) is 3.16. The normalized spacial score (nSPS) is 15.8. The van der Waals surface area contributed by atoms with Gasteiger partial charge in [-0.1, -0.05) is 12.1 Å². The molecule has 3 rings (SSSR count). The minimum atomic E-state index is -1.21. The summed E-state index contributed by atoms with van der Waals surface area (Å²) in [5.74, 6) is -2.78. The lowest BCUT2D eigenvalue weighted by Gasteiger charge is -2.34. The lowest BCUT2D eigenvalue weighted by molar-refractivity contribution is -0.0231. The number of carbonyl (C=O) groups excluding carboxylic acids is 2. The lowest BCUT2D eigenvalue weighted by Crippen LogP contribution is -2.50. The Bertz CT molecular complexity index is 1000. The number of ether oxygens (including phenoxy) is 1. The molecule has 0 bridgehead atoms. The predicted octanol–water partition coefficient (Wildman–Crippen LogP) is 0.434. The van der Waals surface area contributed by atoms with Crippen molar-refractivity contribution in [2.24, 2.45) is 0 Å². The number of carbonyl (C=O) groups is 2. The molecular formula is C20H22FN3O6. The third-order valence-electron chi connectivity index (χ3n) is 4.73. The Labute approximate surface area is 171 Å². The van der Waals surface area contributed by atoms with Gasteiger partial charge in [0.1, 0.15) is 17.6 Å². The number of pyridine rings is 1. The van der Waals surface area contributed by atoms with Crippen LogP contribution in [-0.2, 0) is 17.8 Å². The van der Waals surface area contributed by atoms with Crippen LogP contribution in [-0.4, -0.2) is 57.5 Å². The zero-order valence-corrected chi connectivity index (χ0v) is 16.3. The van der Waals surface area contributed by atoms with Crippen LogP contribution in [0.5, 0.6) is 5.75 Å². The van der Waals surface area contributed by atoms with Crippen LogP contribution in [0, 0.1) is 5.82 Å². The first-order valence-corrected chi connectivity index (χ1v) is 9.39. The number of hydrogen-bond acceptors (Lipinski definition) is 6. The van der Waals surface area contributed by atoms with Crippen molar-refractivity contribution >= 4 is 11.8 Å². The average Bonchev–Trinajstić information content (AvgIpc) is 2.72. The molecule has 0 radical (unpaired) electrons. The molecule has 9 nitrogen and oxygen atoms in total. The van der Waals surface area contributed by atoms with E-state index in [1.807, 2.05) is 0 Å². The van der Waals surface area contributed by atoms with E-state index in [1.54, 1.807) is 6.92 Å². The standard InChI is InChI=1S/C20H22FN3O6/c1-2-30-8-7-24-15(25)11-23-10-14(17(26)18(27)16(23)20(24)29)19(28)22-9-12-3-5-13(21)6-4-12/h3-6,10,15,25,27H,2,7-9,11H2,1H3,(H,22,28). The average molecular weight is 419 g/mol. The van der Waals surface area contributed by atoms with Gasteiger partial charge in [0.15, 0.2) is 11.4 Å². The van der Waals surface area contributed by atoms with Crippen molar-refractivity contribution in [3.05, 3.63) is 63.3 Å². The molecule has 2 amide bonds. The molecule has 1 unspecified atom stereocenters. The molecule has 0 spiro atoms. The zero-order chi connectivity index (χ0) is 21.8. The van der Waals surface area contributed by atoms with Gasteiger partial charge in [-0.15, -0.1) is 0 Å². The van der Waals surface area contributed by atoms with Gasteiger partial charge < -0.3 is 29.7 Å². The number of aromatic nitrogens is 1. The highest BCUT2D eigenvalue weighted by Gasteiger charge is 2.35. The summed E-state index contributed by atoms with van der Waals surface area (Å²) in [6.07, 6.45) is -0.0687. The molecule has 10 heteroatoms. The maximum Gasteiger partial charge on any atom is 0.276 e. The zero-order valence-electron chi connectivity index (χ0n) is 16.3. The summed E-state index contributed by atoms with van der Waals surface area (Å²) in [5, 5.41) is 23.1. The van der Waals surface area contributed by atoms with Gasteiger partial charge in [-0.05, 0) is 24.6 Å². The molecule has 2 heterocycles. The van der Waals surface area contributed by atoms with E-state index in [-0.39, 0.29) is 37.5 Å². The first-order valence-electron chi connectivity index (χ1n) is 9.39. The maximum absolute atomic E-state index is 13.0. The lowest BCUT2D eigenvalue weighted by atomic mass is 10.1. The van der Waals surface area contributed by atoms with Crippen LogP contribution in [0.25, 0.3) is 0 Å². The molecule has 1 atom stereocenters. The van der Waals surface area contributed by atoms with E-state index in [0.29, 0.717) is 12.2 Å². The second kappa shape index (κ2) is 9.06. The molecule has 1 aromatic heterocycles. The Hall–Kier alpha value is -3.24. The molecule has 30 heavy (non-hydrogen) atoms. The van der Waals surface area contributed by atoms with E-state index < -0.39 is 35.0 Å². The SMILES string of the molecule is CCOCCN1C(=O)c2c(O)c(=O)c(C(=O)NCc3ccc(F)cc3)cn2CC1O. The Balaban J connectivity index is 1.82. The molecule has 0 saturated carbocycles. The second-order valence-electron chi connectivity index (χ2n) is 6.71. The number of nitrogens with one attached hydrogen (secondary N) is 1. The third kappa shape index (κ3) is 4.34. The van der Waals surface area contributed by atoms with E-state index >= 15 is 0 Å². The Kier molecular flexibility index (Phi) is 6.48. The Morgan fingerprint density at radius 2 is 2.00 bits per heavy atom. The first-order chi connectivity index (χ1) is 14.3. The highest BCUT2D eigenvalue weighted by Crippen LogP contribution is 2.22. The highest BCUT2D eigenvalue weighted by molar-refractivity contribution is 5.99. The minimum absolute atomic E-state index is 0.0355. The van der Waals surface area contributed by atoms with Crippen molar-refractivity contribution in [1.29, 1.82) is 0 Å². The molecule has 2 aromatic rings. The number of aromatic hydroxyl groups is 1. The minimum Gasteiger partial charge on any atom is -0.503 e. The van der Waals surface area contributed by atoms with E-state index in [0.717, 1.165) is 11.1 Å². The largest absolute Gasteiger partial charge is 0.503 e. The summed E-state index contributed by atoms with van der Waals surface area (Å²) >= 11 is 0. The van der Waals surface area contributed by atoms with Crippen LogP contribution in [0.15, 0.2) is 35.3 Å². The van der Waals surface area contributed by atoms with Crippen molar-refractivity contribution in [1.82, 2.24) is 14.8 Å². The van der Waals surface area contributed by atoms with E-state index in [9.17, 15) is 29.0 Å². The van der Waals surface area contributed by atoms with Gasteiger partial charge in [-0.25, -0.2) is 4.39 Å². The number of halogens is 1. The smallest absolute Gasteiger partial charge is 0.276 e. The number of aliphatic hydroxyl groups excluding tert-OH is 1. The summed E-state index contributed by atoms with van der Waals surface area (Å²) in [6.45, 7) is 2.41. The highest BCUT2D eigenvalue weighted by atomic mass is 19.1. The third-order valence-corrected chi connectivity index (χ3v) is 4.73. The van der Waals surface area contributed by atoms with E-state index in [1.165, 1.54) is 28.8 Å². The summed E-state index contributed by atoms with van der Waals surface area (Å²) in [5.41, 5.74) is -1.05. The summed E-state index contributed by atoms with van der Waals surface area (Å²) in [4.78, 5) is 38.7. The molecule has 0 aliphatic carbocycles. The van der Waals surface area contributed by atoms with Crippen LogP contribution in [0.1, 0.15) is 33.3 Å². The predicted molar refractivity (Wildman–Crippen MR) is 103 cm³/mol. The quantitative estimate of drug-likeness (QED) is 0.560.